The molecule has 7 heteroatoms. The molecular formula is C19H21N4O3+. The minimum Gasteiger partial charge on any atom is -0.378 e. The Morgan fingerprint density at radius 3 is 2.77 bits per heavy atom. The van der Waals surface area contributed by atoms with Crippen molar-refractivity contribution in [3.8, 4) is 0 Å². The molecule has 3 heterocycles. The minimum atomic E-state index is -0.111. The topological polar surface area (TPSA) is 66.9 Å². The van der Waals surface area contributed by atoms with Gasteiger partial charge in [0.15, 0.2) is 17.6 Å². The second-order valence-corrected chi connectivity index (χ2v) is 6.39. The number of benzene rings is 1. The molecule has 0 radical (unpaired) electrons. The number of rotatable bonds is 3. The van der Waals surface area contributed by atoms with E-state index in [1.807, 2.05) is 56.5 Å². The van der Waals surface area contributed by atoms with Crippen molar-refractivity contribution < 1.29 is 18.9 Å². The molecule has 0 spiro atoms. The molecule has 0 saturated carbocycles. The molecule has 1 aliphatic heterocycles. The molecule has 2 aromatic heterocycles. The molecule has 1 aromatic carbocycles. The highest BCUT2D eigenvalue weighted by Crippen LogP contribution is 2.20. The van der Waals surface area contributed by atoms with Gasteiger partial charge in [-0.3, -0.25) is 9.59 Å². The van der Waals surface area contributed by atoms with Crippen LogP contribution in [0.15, 0.2) is 42.6 Å². The van der Waals surface area contributed by atoms with Crippen LogP contribution in [-0.2, 0) is 20.9 Å². The molecule has 134 valence electrons. The summed E-state index contributed by atoms with van der Waals surface area (Å²) in [6.45, 7) is 4.21. The third-order valence-corrected chi connectivity index (χ3v) is 4.62. The van der Waals surface area contributed by atoms with Crippen molar-refractivity contribution in [2.24, 2.45) is 0 Å². The van der Waals surface area contributed by atoms with Crippen LogP contribution in [0.5, 0.6) is 0 Å². The molecule has 0 bridgehead atoms. The summed E-state index contributed by atoms with van der Waals surface area (Å²) in [6.07, 6.45) is 1.96. The highest BCUT2D eigenvalue weighted by Gasteiger charge is 2.24. The number of carbonyl (C=O) groups excluding carboxylic acids is 2. The van der Waals surface area contributed by atoms with Crippen molar-refractivity contribution in [1.29, 1.82) is 0 Å². The number of amides is 2. The Kier molecular flexibility index (Phi) is 4.30. The number of nitrogens with zero attached hydrogens (tertiary/aromatic N) is 3. The number of hydrogen-bond acceptors (Lipinski definition) is 3. The molecule has 1 saturated heterocycles. The number of anilines is 1. The van der Waals surface area contributed by atoms with Crippen molar-refractivity contribution >= 4 is 34.2 Å². The quantitative estimate of drug-likeness (QED) is 0.720. The van der Waals surface area contributed by atoms with Gasteiger partial charge in [-0.2, -0.15) is 4.40 Å². The van der Waals surface area contributed by atoms with Gasteiger partial charge in [0.25, 0.3) is 11.6 Å². The summed E-state index contributed by atoms with van der Waals surface area (Å²) in [5.74, 6) is -0.0249. The highest BCUT2D eigenvalue weighted by molar-refractivity contribution is 5.91. The van der Waals surface area contributed by atoms with Gasteiger partial charge in [-0.05, 0) is 18.2 Å². The maximum absolute atomic E-state index is 12.7. The molecule has 1 fully saturated rings. The van der Waals surface area contributed by atoms with Crippen molar-refractivity contribution in [1.82, 2.24) is 9.30 Å². The van der Waals surface area contributed by atoms with Crippen LogP contribution in [0.1, 0.15) is 6.92 Å². The fourth-order valence-corrected chi connectivity index (χ4v) is 3.42. The van der Waals surface area contributed by atoms with Crippen molar-refractivity contribution in [3.05, 3.63) is 42.6 Å². The van der Waals surface area contributed by atoms with Gasteiger partial charge in [-0.25, -0.2) is 4.57 Å². The number of hydrogen-bond donors (Lipinski definition) is 1. The van der Waals surface area contributed by atoms with Crippen LogP contribution in [0.25, 0.3) is 16.7 Å². The SMILES string of the molecule is CC(=O)Nc1ccc2c(c1)n1ccccc1[n+]2CC(=O)N1CCOCC1. The second-order valence-electron chi connectivity index (χ2n) is 6.39. The van der Waals surface area contributed by atoms with Crippen LogP contribution in [-0.4, -0.2) is 47.4 Å². The summed E-state index contributed by atoms with van der Waals surface area (Å²) in [4.78, 5) is 26.0. The Morgan fingerprint density at radius 2 is 2.00 bits per heavy atom. The first-order valence-electron chi connectivity index (χ1n) is 8.69. The van der Waals surface area contributed by atoms with Crippen LogP contribution in [0.4, 0.5) is 5.69 Å². The summed E-state index contributed by atoms with van der Waals surface area (Å²) >= 11 is 0. The summed E-state index contributed by atoms with van der Waals surface area (Å²) in [7, 11) is 0. The molecule has 2 amide bonds. The van der Waals surface area contributed by atoms with E-state index >= 15 is 0 Å². The molecule has 7 nitrogen and oxygen atoms in total. The zero-order valence-electron chi connectivity index (χ0n) is 14.6. The number of fused-ring (bicyclic) bond motifs is 3. The Labute approximate surface area is 150 Å². The van der Waals surface area contributed by atoms with E-state index in [0.717, 1.165) is 22.4 Å². The lowest BCUT2D eigenvalue weighted by atomic mass is 10.2. The van der Waals surface area contributed by atoms with Crippen molar-refractivity contribution in [2.45, 2.75) is 13.5 Å². The number of aromatic nitrogens is 2. The number of imidazole rings is 1. The van der Waals surface area contributed by atoms with Crippen LogP contribution in [0.2, 0.25) is 0 Å². The molecule has 3 aromatic rings. The fourth-order valence-electron chi connectivity index (χ4n) is 3.42. The average Bonchev–Trinajstić information content (AvgIpc) is 2.95. The van der Waals surface area contributed by atoms with Crippen LogP contribution >= 0.6 is 0 Å². The van der Waals surface area contributed by atoms with E-state index in [2.05, 4.69) is 5.32 Å². The molecular weight excluding hydrogens is 332 g/mol. The number of pyridine rings is 1. The Bertz CT molecular complexity index is 989. The van der Waals surface area contributed by atoms with E-state index in [-0.39, 0.29) is 18.4 Å². The molecule has 0 aliphatic carbocycles. The van der Waals surface area contributed by atoms with Gasteiger partial charge in [0.1, 0.15) is 0 Å². The second kappa shape index (κ2) is 6.76. The average molecular weight is 353 g/mol. The van der Waals surface area contributed by atoms with Gasteiger partial charge in [0, 0.05) is 37.8 Å². The lowest BCUT2D eigenvalue weighted by Crippen LogP contribution is -2.48. The Morgan fingerprint density at radius 1 is 1.19 bits per heavy atom. The van der Waals surface area contributed by atoms with Gasteiger partial charge >= 0.3 is 0 Å². The third-order valence-electron chi connectivity index (χ3n) is 4.62. The monoisotopic (exact) mass is 353 g/mol. The van der Waals surface area contributed by atoms with E-state index in [0.29, 0.717) is 26.3 Å². The highest BCUT2D eigenvalue weighted by atomic mass is 16.5. The van der Waals surface area contributed by atoms with Gasteiger partial charge in [0.2, 0.25) is 5.91 Å². The van der Waals surface area contributed by atoms with E-state index in [1.54, 1.807) is 0 Å². The molecule has 1 N–H and O–H groups in total. The standard InChI is InChI=1S/C19H20N4O3/c1-14(24)20-15-5-6-16-17(12-15)22-7-3-2-4-18(22)23(16)13-19(25)21-8-10-26-11-9-21/h2-7,12H,8-11,13H2,1H3/p+1. The summed E-state index contributed by atoms with van der Waals surface area (Å²) in [6, 6.07) is 11.6. The minimum absolute atomic E-state index is 0.0856. The maximum Gasteiger partial charge on any atom is 0.287 e. The molecule has 0 unspecified atom stereocenters. The normalized spacial score (nSPS) is 14.7. The summed E-state index contributed by atoms with van der Waals surface area (Å²) in [5, 5.41) is 2.81. The van der Waals surface area contributed by atoms with Gasteiger partial charge in [0.05, 0.1) is 19.4 Å². The molecule has 26 heavy (non-hydrogen) atoms. The van der Waals surface area contributed by atoms with E-state index in [4.69, 9.17) is 4.74 Å². The first kappa shape index (κ1) is 16.5. The van der Waals surface area contributed by atoms with Gasteiger partial charge in [-0.15, -0.1) is 0 Å². The smallest absolute Gasteiger partial charge is 0.287 e. The number of carbonyl (C=O) groups is 2. The van der Waals surface area contributed by atoms with Crippen LogP contribution in [0, 0.1) is 0 Å². The van der Waals surface area contributed by atoms with Crippen molar-refractivity contribution in [3.63, 3.8) is 0 Å². The maximum atomic E-state index is 12.7. The lowest BCUT2D eigenvalue weighted by molar-refractivity contribution is -0.633. The third kappa shape index (κ3) is 3.01. The predicted molar refractivity (Wildman–Crippen MR) is 96.8 cm³/mol. The van der Waals surface area contributed by atoms with E-state index in [1.165, 1.54) is 6.92 Å². The zero-order chi connectivity index (χ0) is 18.1. The van der Waals surface area contributed by atoms with Crippen LogP contribution < -0.4 is 9.88 Å². The molecule has 1 aliphatic rings. The summed E-state index contributed by atoms with van der Waals surface area (Å²) in [5.41, 5.74) is 3.57. The molecule has 4 rings (SSSR count). The fraction of sp³-hybridized carbons (Fsp3) is 0.316. The van der Waals surface area contributed by atoms with Gasteiger partial charge in [-0.1, -0.05) is 6.07 Å². The zero-order valence-corrected chi connectivity index (χ0v) is 14.6. The number of morpholine rings is 1. The van der Waals surface area contributed by atoms with Gasteiger partial charge < -0.3 is 15.0 Å². The Hall–Kier alpha value is -2.93. The Balaban J connectivity index is 1.77. The number of nitrogens with one attached hydrogen (secondary N) is 1. The first-order valence-corrected chi connectivity index (χ1v) is 8.69. The lowest BCUT2D eigenvalue weighted by Gasteiger charge is -2.26. The number of ether oxygens (including phenoxy) is 1. The first-order chi connectivity index (χ1) is 12.6. The molecule has 0 atom stereocenters. The summed E-state index contributed by atoms with van der Waals surface area (Å²) < 4.78 is 9.38. The van der Waals surface area contributed by atoms with Crippen molar-refractivity contribution in [2.75, 3.05) is 31.6 Å². The predicted octanol–water partition coefficient (Wildman–Crippen LogP) is 1.20. The largest absolute Gasteiger partial charge is 0.378 e. The van der Waals surface area contributed by atoms with E-state index in [9.17, 15) is 9.59 Å². The van der Waals surface area contributed by atoms with E-state index < -0.39 is 0 Å². The van der Waals surface area contributed by atoms with Crippen LogP contribution in [0.3, 0.4) is 0 Å².